The molecule has 2 aromatic heterocycles. The Bertz CT molecular complexity index is 1440. The minimum absolute atomic E-state index is 0.895. The van der Waals surface area contributed by atoms with Crippen molar-refractivity contribution < 1.29 is 4.74 Å². The third kappa shape index (κ3) is 3.56. The Morgan fingerprint density at radius 1 is 0.758 bits per heavy atom. The molecule has 1 aliphatic rings. The lowest BCUT2D eigenvalue weighted by atomic mass is 10.2. The van der Waals surface area contributed by atoms with Gasteiger partial charge >= 0.3 is 0 Å². The average Bonchev–Trinajstić information content (AvgIpc) is 3.19. The Morgan fingerprint density at radius 3 is 2.27 bits per heavy atom. The van der Waals surface area contributed by atoms with Crippen molar-refractivity contribution >= 4 is 38.8 Å². The van der Waals surface area contributed by atoms with Gasteiger partial charge in [0.05, 0.1) is 29.3 Å². The number of hydrogen-bond acceptors (Lipinski definition) is 5. The van der Waals surface area contributed by atoms with Crippen LogP contribution in [0, 0.1) is 0 Å². The standard InChI is InChI=1S/C27H27N5O/c1-33-25-13-7-6-12-24(25)31-17-14-30(15-18-31)16-19-32-23-11-5-2-8-20(23)26-27(32)29-22-10-4-3-9-21(22)28-26/h2-13H,14-19H2,1H3. The Labute approximate surface area is 193 Å². The fourth-order valence-electron chi connectivity index (χ4n) is 4.95. The molecule has 0 aliphatic carbocycles. The van der Waals surface area contributed by atoms with Gasteiger partial charge in [-0.2, -0.15) is 0 Å². The van der Waals surface area contributed by atoms with Gasteiger partial charge in [0.2, 0.25) is 0 Å². The molecule has 0 unspecified atom stereocenters. The molecule has 0 amide bonds. The highest BCUT2D eigenvalue weighted by Crippen LogP contribution is 2.30. The van der Waals surface area contributed by atoms with Crippen LogP contribution >= 0.6 is 0 Å². The van der Waals surface area contributed by atoms with Gasteiger partial charge in [0.1, 0.15) is 11.3 Å². The third-order valence-corrected chi connectivity index (χ3v) is 6.70. The topological polar surface area (TPSA) is 46.4 Å². The Hall–Kier alpha value is -3.64. The van der Waals surface area contributed by atoms with E-state index in [0.29, 0.717) is 0 Å². The lowest BCUT2D eigenvalue weighted by Crippen LogP contribution is -2.47. The first kappa shape index (κ1) is 20.0. The van der Waals surface area contributed by atoms with Crippen molar-refractivity contribution in [2.45, 2.75) is 6.54 Å². The van der Waals surface area contributed by atoms with Gasteiger partial charge in [0.15, 0.2) is 5.65 Å². The second-order valence-electron chi connectivity index (χ2n) is 8.55. The highest BCUT2D eigenvalue weighted by atomic mass is 16.5. The molecule has 33 heavy (non-hydrogen) atoms. The van der Waals surface area contributed by atoms with Crippen molar-refractivity contribution in [2.24, 2.45) is 0 Å². The first-order valence-electron chi connectivity index (χ1n) is 11.6. The third-order valence-electron chi connectivity index (χ3n) is 6.70. The summed E-state index contributed by atoms with van der Waals surface area (Å²) in [6, 6.07) is 24.9. The summed E-state index contributed by atoms with van der Waals surface area (Å²) in [6.07, 6.45) is 0. The van der Waals surface area contributed by atoms with Crippen LogP contribution in [-0.2, 0) is 6.54 Å². The van der Waals surface area contributed by atoms with Crippen molar-refractivity contribution in [3.05, 3.63) is 72.8 Å². The van der Waals surface area contributed by atoms with Gasteiger partial charge in [-0.05, 0) is 30.3 Å². The molecule has 0 radical (unpaired) electrons. The maximum atomic E-state index is 5.56. The van der Waals surface area contributed by atoms with E-state index in [4.69, 9.17) is 14.7 Å². The molecule has 0 N–H and O–H groups in total. The summed E-state index contributed by atoms with van der Waals surface area (Å²) in [5, 5.41) is 1.17. The van der Waals surface area contributed by atoms with Crippen LogP contribution in [0.1, 0.15) is 0 Å². The van der Waals surface area contributed by atoms with E-state index in [2.05, 4.69) is 50.8 Å². The minimum Gasteiger partial charge on any atom is -0.495 e. The summed E-state index contributed by atoms with van der Waals surface area (Å²) in [5.41, 5.74) is 6.24. The van der Waals surface area contributed by atoms with Crippen LogP contribution in [0.25, 0.3) is 33.1 Å². The molecule has 1 aliphatic heterocycles. The summed E-state index contributed by atoms with van der Waals surface area (Å²) in [5.74, 6) is 0.946. The molecule has 6 nitrogen and oxygen atoms in total. The van der Waals surface area contributed by atoms with Crippen molar-refractivity contribution in [3.8, 4) is 5.75 Å². The fourth-order valence-corrected chi connectivity index (χ4v) is 4.95. The van der Waals surface area contributed by atoms with E-state index in [9.17, 15) is 0 Å². The number of methoxy groups -OCH3 is 1. The Morgan fingerprint density at radius 2 is 1.45 bits per heavy atom. The van der Waals surface area contributed by atoms with Crippen LogP contribution in [0.15, 0.2) is 72.8 Å². The normalized spacial score (nSPS) is 15.0. The van der Waals surface area contributed by atoms with E-state index >= 15 is 0 Å². The van der Waals surface area contributed by atoms with Gasteiger partial charge in [-0.1, -0.05) is 42.5 Å². The molecule has 6 rings (SSSR count). The van der Waals surface area contributed by atoms with Crippen LogP contribution in [0.4, 0.5) is 5.69 Å². The molecule has 5 aromatic rings. The lowest BCUT2D eigenvalue weighted by molar-refractivity contribution is 0.249. The molecule has 1 saturated heterocycles. The summed E-state index contributed by atoms with van der Waals surface area (Å²) in [4.78, 5) is 14.9. The smallest absolute Gasteiger partial charge is 0.160 e. The number of hydrogen-bond donors (Lipinski definition) is 0. The van der Waals surface area contributed by atoms with Crippen LogP contribution in [0.5, 0.6) is 5.75 Å². The molecule has 3 aromatic carbocycles. The summed E-state index contributed by atoms with van der Waals surface area (Å²) in [6.45, 7) is 5.94. The highest BCUT2D eigenvalue weighted by molar-refractivity contribution is 6.06. The zero-order valence-corrected chi connectivity index (χ0v) is 18.8. The number of anilines is 1. The van der Waals surface area contributed by atoms with Crippen molar-refractivity contribution in [1.29, 1.82) is 0 Å². The Balaban J connectivity index is 1.24. The molecule has 1 fully saturated rings. The van der Waals surface area contributed by atoms with Crippen LogP contribution in [0.3, 0.4) is 0 Å². The zero-order valence-electron chi connectivity index (χ0n) is 18.8. The quantitative estimate of drug-likeness (QED) is 0.403. The molecule has 3 heterocycles. The first-order chi connectivity index (χ1) is 16.3. The van der Waals surface area contributed by atoms with Crippen molar-refractivity contribution in [1.82, 2.24) is 19.4 Å². The molecule has 0 saturated carbocycles. The number of benzene rings is 3. The van der Waals surface area contributed by atoms with Gasteiger partial charge in [-0.3, -0.25) is 4.90 Å². The van der Waals surface area contributed by atoms with E-state index in [-0.39, 0.29) is 0 Å². The molecule has 0 atom stereocenters. The van der Waals surface area contributed by atoms with Gasteiger partial charge in [-0.25, -0.2) is 9.97 Å². The second kappa shape index (κ2) is 8.37. The van der Waals surface area contributed by atoms with E-state index in [1.54, 1.807) is 7.11 Å². The van der Waals surface area contributed by atoms with Crippen LogP contribution in [0.2, 0.25) is 0 Å². The lowest BCUT2D eigenvalue weighted by Gasteiger charge is -2.36. The van der Waals surface area contributed by atoms with Gasteiger partial charge < -0.3 is 14.2 Å². The van der Waals surface area contributed by atoms with Gasteiger partial charge in [-0.15, -0.1) is 0 Å². The predicted octanol–water partition coefficient (Wildman–Crippen LogP) is 4.57. The van der Waals surface area contributed by atoms with Crippen molar-refractivity contribution in [2.75, 3.05) is 44.7 Å². The molecule has 0 spiro atoms. The van der Waals surface area contributed by atoms with Crippen molar-refractivity contribution in [3.63, 3.8) is 0 Å². The summed E-state index contributed by atoms with van der Waals surface area (Å²) in [7, 11) is 1.74. The van der Waals surface area contributed by atoms with E-state index < -0.39 is 0 Å². The van der Waals surface area contributed by atoms with E-state index in [1.807, 2.05) is 36.4 Å². The number of piperazine rings is 1. The molecular formula is C27H27N5O. The highest BCUT2D eigenvalue weighted by Gasteiger charge is 2.20. The zero-order chi connectivity index (χ0) is 22.2. The number of aromatic nitrogens is 3. The number of ether oxygens (including phenoxy) is 1. The Kier molecular flexibility index (Phi) is 5.07. The predicted molar refractivity (Wildman–Crippen MR) is 134 cm³/mol. The summed E-state index contributed by atoms with van der Waals surface area (Å²) >= 11 is 0. The number of fused-ring (bicyclic) bond motifs is 4. The van der Waals surface area contributed by atoms with Crippen LogP contribution < -0.4 is 9.64 Å². The monoisotopic (exact) mass is 437 g/mol. The maximum absolute atomic E-state index is 5.56. The molecule has 0 bridgehead atoms. The molecular weight excluding hydrogens is 410 g/mol. The van der Waals surface area contributed by atoms with E-state index in [1.165, 1.54) is 16.6 Å². The SMILES string of the molecule is COc1ccccc1N1CCN(CCn2c3ccccc3c3nc4ccccc4nc32)CC1. The second-order valence-corrected chi connectivity index (χ2v) is 8.55. The van der Waals surface area contributed by atoms with Gasteiger partial charge in [0.25, 0.3) is 0 Å². The number of rotatable bonds is 5. The average molecular weight is 438 g/mol. The minimum atomic E-state index is 0.895. The van der Waals surface area contributed by atoms with Gasteiger partial charge in [0, 0.05) is 44.7 Å². The van der Waals surface area contributed by atoms with E-state index in [0.717, 1.165) is 67.2 Å². The fraction of sp³-hybridized carbons (Fsp3) is 0.259. The number of para-hydroxylation sites is 5. The molecule has 6 heteroatoms. The largest absolute Gasteiger partial charge is 0.495 e. The van der Waals surface area contributed by atoms with Crippen LogP contribution in [-0.4, -0.2) is 59.3 Å². The number of nitrogens with zero attached hydrogens (tertiary/aromatic N) is 5. The summed E-state index contributed by atoms with van der Waals surface area (Å²) < 4.78 is 7.91. The first-order valence-corrected chi connectivity index (χ1v) is 11.6. The molecule has 166 valence electrons. The maximum Gasteiger partial charge on any atom is 0.160 e.